The van der Waals surface area contributed by atoms with Gasteiger partial charge in [-0.05, 0) is 50.4 Å². The summed E-state index contributed by atoms with van der Waals surface area (Å²) >= 11 is 0. The Morgan fingerprint density at radius 1 is 0.677 bits per heavy atom. The molecule has 0 bridgehead atoms. The summed E-state index contributed by atoms with van der Waals surface area (Å²) in [5.74, 6) is 1.17. The molecule has 13 heteroatoms. The van der Waals surface area contributed by atoms with Crippen molar-refractivity contribution < 1.29 is 60.2 Å². The molecule has 1 unspecified atom stereocenters. The van der Waals surface area contributed by atoms with Gasteiger partial charge in [0.1, 0.15) is 42.7 Å². The predicted molar refractivity (Wildman–Crippen MR) is 243 cm³/mol. The highest BCUT2D eigenvalue weighted by molar-refractivity contribution is 5.80. The molecule has 1 heterocycles. The first kappa shape index (κ1) is 56.9. The van der Waals surface area contributed by atoms with E-state index in [4.69, 9.17) is 14.7 Å². The number of hydrogen-bond donors (Lipinski definition) is 9. The molecule has 0 aromatic heterocycles. The summed E-state index contributed by atoms with van der Waals surface area (Å²) in [6.45, 7) is 3.36. The van der Waals surface area contributed by atoms with E-state index < -0.39 is 74.2 Å². The number of amides is 1. The molecule has 2 fully saturated rings. The molecule has 13 nitrogen and oxygen atoms in total. The Labute approximate surface area is 375 Å². The monoisotopic (exact) mass is 888 g/mol. The van der Waals surface area contributed by atoms with E-state index in [2.05, 4.69) is 30.1 Å². The highest BCUT2D eigenvalue weighted by Crippen LogP contribution is 2.45. The number of aliphatic hydroxyl groups is 7. The maximum absolute atomic E-state index is 13.1. The molecule has 2 rings (SSSR count). The van der Waals surface area contributed by atoms with Gasteiger partial charge in [-0.3, -0.25) is 10.1 Å². The molecule has 1 amide bonds. The molecule has 2 aliphatic rings. The van der Waals surface area contributed by atoms with Gasteiger partial charge in [-0.25, -0.2) is 4.89 Å². The van der Waals surface area contributed by atoms with Crippen molar-refractivity contribution in [2.45, 2.75) is 268 Å². The minimum absolute atomic E-state index is 0.222. The number of carbonyl (C=O) groups is 1. The van der Waals surface area contributed by atoms with Crippen LogP contribution in [0, 0.1) is 11.8 Å². The van der Waals surface area contributed by atoms with Crippen molar-refractivity contribution in [1.29, 1.82) is 0 Å². The zero-order valence-corrected chi connectivity index (χ0v) is 38.9. The largest absolute Gasteiger partial charge is 0.394 e. The molecule has 0 spiro atoms. The topological polar surface area (TPSA) is 219 Å². The van der Waals surface area contributed by atoms with Gasteiger partial charge in [0.05, 0.1) is 25.4 Å². The normalized spacial score (nSPS) is 25.2. The van der Waals surface area contributed by atoms with Gasteiger partial charge in [0.25, 0.3) is 0 Å². The third-order valence-corrected chi connectivity index (χ3v) is 13.2. The maximum Gasteiger partial charge on any atom is 0.249 e. The van der Waals surface area contributed by atoms with Crippen LogP contribution in [-0.4, -0.2) is 121 Å². The van der Waals surface area contributed by atoms with E-state index in [9.17, 15) is 40.5 Å². The van der Waals surface area contributed by atoms with Crippen LogP contribution in [0.5, 0.6) is 0 Å². The smallest absolute Gasteiger partial charge is 0.249 e. The van der Waals surface area contributed by atoms with Crippen molar-refractivity contribution >= 4 is 5.91 Å². The molecule has 0 aromatic carbocycles. The molecule has 62 heavy (non-hydrogen) atoms. The first-order chi connectivity index (χ1) is 30.1. The van der Waals surface area contributed by atoms with E-state index in [0.717, 1.165) is 102 Å². The van der Waals surface area contributed by atoms with E-state index in [1.54, 1.807) is 0 Å². The van der Waals surface area contributed by atoms with Gasteiger partial charge in [0, 0.05) is 0 Å². The lowest BCUT2D eigenvalue weighted by Gasteiger charge is -2.40. The van der Waals surface area contributed by atoms with Gasteiger partial charge >= 0.3 is 0 Å². The number of aliphatic hydroxyl groups excluding tert-OH is 7. The van der Waals surface area contributed by atoms with Crippen molar-refractivity contribution in [3.05, 3.63) is 12.2 Å². The van der Waals surface area contributed by atoms with Gasteiger partial charge in [-0.2, -0.15) is 0 Å². The van der Waals surface area contributed by atoms with Crippen LogP contribution in [0.15, 0.2) is 12.2 Å². The molecule has 0 aromatic rings. The third-order valence-electron chi connectivity index (χ3n) is 13.2. The van der Waals surface area contributed by atoms with Crippen LogP contribution in [0.1, 0.15) is 206 Å². The quantitative estimate of drug-likeness (QED) is 0.0125. The number of carbonyl (C=O) groups excluding carboxylic acids is 1. The van der Waals surface area contributed by atoms with Crippen LogP contribution >= 0.6 is 0 Å². The fourth-order valence-electron chi connectivity index (χ4n) is 8.84. The van der Waals surface area contributed by atoms with E-state index in [-0.39, 0.29) is 12.5 Å². The molecule has 366 valence electrons. The fraction of sp³-hybridized carbons (Fsp3) is 0.939. The summed E-state index contributed by atoms with van der Waals surface area (Å²) in [5, 5.41) is 85.1. The van der Waals surface area contributed by atoms with Gasteiger partial charge in [0.15, 0.2) is 6.29 Å². The standard InChI is InChI=1S/C49H93NO12/c1-3-5-7-17-24-30-39(62-59)31-25-19-13-11-9-10-12-14-21-27-33-42(53)48(58)50-40(36-60-49-47(57)46(56)45(55)43(35-51)61-49)44(54)41(52)32-26-20-16-15-18-23-29-38-34-37(38)28-22-8-6-4-2/h24,30,37-47,49,51-57,59H,3-23,25-29,31-36H2,1-2H3,(H,50,58)/b30-24+/t37-,38+,39?,40+,41-,42-,43-,44+,45-,46+,47-,49-/m1/s1. The minimum Gasteiger partial charge on any atom is -0.394 e. The Morgan fingerprint density at radius 3 is 1.76 bits per heavy atom. The SMILES string of the molecule is CCCCC/C=C/C(CCCCCCCCCCCC[C@@H](O)C(=O)N[C@@H](CO[C@@H]1O[C@H](CO)[C@@H](O)[C@H](O)[C@H]1O)[C@H](O)[C@H](O)CCCCCCCC[C@H]1C[C@H]1CCCCCC)OO. The van der Waals surface area contributed by atoms with Crippen molar-refractivity contribution in [3.8, 4) is 0 Å². The zero-order chi connectivity index (χ0) is 45.4. The molecular weight excluding hydrogens is 795 g/mol. The molecular formula is C49H93NO12. The summed E-state index contributed by atoms with van der Waals surface area (Å²) in [4.78, 5) is 17.8. The zero-order valence-electron chi connectivity index (χ0n) is 38.9. The minimum atomic E-state index is -1.67. The van der Waals surface area contributed by atoms with Crippen LogP contribution in [0.2, 0.25) is 0 Å². The molecule has 1 saturated heterocycles. The second-order valence-electron chi connectivity index (χ2n) is 18.7. The van der Waals surface area contributed by atoms with E-state index >= 15 is 0 Å². The summed E-state index contributed by atoms with van der Waals surface area (Å²) in [6, 6.07) is -1.18. The van der Waals surface area contributed by atoms with Crippen LogP contribution in [-0.2, 0) is 19.2 Å². The number of rotatable bonds is 41. The van der Waals surface area contributed by atoms with Crippen molar-refractivity contribution in [2.75, 3.05) is 13.2 Å². The number of nitrogens with one attached hydrogen (secondary N) is 1. The number of unbranched alkanes of at least 4 members (excludes halogenated alkanes) is 20. The first-order valence-corrected chi connectivity index (χ1v) is 25.3. The van der Waals surface area contributed by atoms with Crippen LogP contribution in [0.25, 0.3) is 0 Å². The van der Waals surface area contributed by atoms with E-state index in [1.165, 1.54) is 77.0 Å². The second kappa shape index (κ2) is 36.0. The Balaban J connectivity index is 1.68. The highest BCUT2D eigenvalue weighted by Gasteiger charge is 2.44. The van der Waals surface area contributed by atoms with Gasteiger partial charge < -0.3 is 50.5 Å². The van der Waals surface area contributed by atoms with Gasteiger partial charge in [0.2, 0.25) is 5.91 Å². The van der Waals surface area contributed by atoms with Crippen molar-refractivity contribution in [2.24, 2.45) is 11.8 Å². The molecule has 12 atom stereocenters. The Bertz CT molecular complexity index is 1100. The third kappa shape index (κ3) is 24.9. The molecule has 0 radical (unpaired) electrons. The summed E-state index contributed by atoms with van der Waals surface area (Å²) in [5.41, 5.74) is 0. The molecule has 9 N–H and O–H groups in total. The number of allylic oxidation sites excluding steroid dienone is 1. The highest BCUT2D eigenvalue weighted by atomic mass is 17.1. The maximum atomic E-state index is 13.1. The summed E-state index contributed by atoms with van der Waals surface area (Å²) in [7, 11) is 0. The average molecular weight is 888 g/mol. The predicted octanol–water partition coefficient (Wildman–Crippen LogP) is 7.77. The van der Waals surface area contributed by atoms with Gasteiger partial charge in [-0.1, -0.05) is 180 Å². The van der Waals surface area contributed by atoms with Crippen LogP contribution in [0.4, 0.5) is 0 Å². The average Bonchev–Trinajstić information content (AvgIpc) is 4.03. The molecule has 1 aliphatic carbocycles. The lowest BCUT2D eigenvalue weighted by Crippen LogP contribution is -2.60. The lowest BCUT2D eigenvalue weighted by atomic mass is 9.98. The Kier molecular flexibility index (Phi) is 33.0. The summed E-state index contributed by atoms with van der Waals surface area (Å²) < 4.78 is 11.1. The van der Waals surface area contributed by atoms with Crippen molar-refractivity contribution in [1.82, 2.24) is 5.32 Å². The van der Waals surface area contributed by atoms with E-state index in [1.807, 2.05) is 6.08 Å². The Hall–Kier alpha value is -1.23. The van der Waals surface area contributed by atoms with Gasteiger partial charge in [-0.15, -0.1) is 0 Å². The lowest BCUT2D eigenvalue weighted by molar-refractivity contribution is -0.303. The van der Waals surface area contributed by atoms with Crippen molar-refractivity contribution in [3.63, 3.8) is 0 Å². The van der Waals surface area contributed by atoms with E-state index in [0.29, 0.717) is 19.3 Å². The summed E-state index contributed by atoms with van der Waals surface area (Å²) in [6.07, 6.45) is 24.3. The molecule has 1 aliphatic heterocycles. The Morgan fingerprint density at radius 2 is 1.19 bits per heavy atom. The number of hydrogen-bond acceptors (Lipinski definition) is 12. The second-order valence-corrected chi connectivity index (χ2v) is 18.7. The van der Waals surface area contributed by atoms with Crippen LogP contribution < -0.4 is 5.32 Å². The fourth-order valence-corrected chi connectivity index (χ4v) is 8.84. The van der Waals surface area contributed by atoms with Crippen LogP contribution in [0.3, 0.4) is 0 Å². The molecule has 1 saturated carbocycles. The number of ether oxygens (including phenoxy) is 2. The first-order valence-electron chi connectivity index (χ1n) is 25.3.